The summed E-state index contributed by atoms with van der Waals surface area (Å²) in [6.07, 6.45) is 2.15. The van der Waals surface area contributed by atoms with E-state index in [2.05, 4.69) is 10.1 Å². The first-order chi connectivity index (χ1) is 8.06. The Labute approximate surface area is 106 Å². The summed E-state index contributed by atoms with van der Waals surface area (Å²) in [6.45, 7) is 4.68. The van der Waals surface area contributed by atoms with Crippen molar-refractivity contribution in [3.05, 3.63) is 23.4 Å². The first kappa shape index (κ1) is 13.6. The Morgan fingerprint density at radius 3 is 2.88 bits per heavy atom. The van der Waals surface area contributed by atoms with Gasteiger partial charge in [-0.1, -0.05) is 16.8 Å². The normalized spacial score (nSPS) is 11.9. The SMILES string of the molecule is CC(C)N(CC/C(N)=N/O)c1ncccc1Cl. The van der Waals surface area contributed by atoms with E-state index in [0.717, 1.165) is 5.82 Å². The lowest BCUT2D eigenvalue weighted by molar-refractivity contribution is 0.317. The number of hydrogen-bond acceptors (Lipinski definition) is 4. The molecule has 94 valence electrons. The molecular weight excluding hydrogens is 240 g/mol. The lowest BCUT2D eigenvalue weighted by Crippen LogP contribution is -2.34. The van der Waals surface area contributed by atoms with Gasteiger partial charge in [-0.2, -0.15) is 0 Å². The number of rotatable bonds is 5. The lowest BCUT2D eigenvalue weighted by atomic mass is 10.2. The van der Waals surface area contributed by atoms with Crippen molar-refractivity contribution < 1.29 is 5.21 Å². The third-order valence-corrected chi connectivity index (χ3v) is 2.67. The molecule has 1 heterocycles. The molecule has 0 atom stereocenters. The highest BCUT2D eigenvalue weighted by Crippen LogP contribution is 2.24. The maximum Gasteiger partial charge on any atom is 0.147 e. The van der Waals surface area contributed by atoms with E-state index in [4.69, 9.17) is 22.5 Å². The predicted molar refractivity (Wildman–Crippen MR) is 69.8 cm³/mol. The van der Waals surface area contributed by atoms with E-state index in [-0.39, 0.29) is 11.9 Å². The number of anilines is 1. The first-order valence-electron chi connectivity index (χ1n) is 5.39. The summed E-state index contributed by atoms with van der Waals surface area (Å²) in [4.78, 5) is 6.27. The number of hydrogen-bond donors (Lipinski definition) is 2. The van der Waals surface area contributed by atoms with Crippen molar-refractivity contribution in [2.24, 2.45) is 10.9 Å². The van der Waals surface area contributed by atoms with Crippen molar-refractivity contribution in [2.45, 2.75) is 26.3 Å². The van der Waals surface area contributed by atoms with Gasteiger partial charge in [0.05, 0.1) is 5.02 Å². The van der Waals surface area contributed by atoms with Crippen molar-refractivity contribution in [3.63, 3.8) is 0 Å². The van der Waals surface area contributed by atoms with Gasteiger partial charge < -0.3 is 15.8 Å². The summed E-state index contributed by atoms with van der Waals surface area (Å²) in [6, 6.07) is 3.81. The fourth-order valence-corrected chi connectivity index (χ4v) is 1.71. The maximum absolute atomic E-state index is 8.51. The van der Waals surface area contributed by atoms with Crippen LogP contribution in [0.25, 0.3) is 0 Å². The summed E-state index contributed by atoms with van der Waals surface area (Å²) in [5, 5.41) is 12.1. The quantitative estimate of drug-likeness (QED) is 0.366. The summed E-state index contributed by atoms with van der Waals surface area (Å²) < 4.78 is 0. The molecule has 3 N–H and O–H groups in total. The Kier molecular flexibility index (Phi) is 5.03. The molecule has 1 aromatic heterocycles. The molecule has 0 fully saturated rings. The Morgan fingerprint density at radius 1 is 1.65 bits per heavy atom. The number of amidine groups is 1. The van der Waals surface area contributed by atoms with Crippen LogP contribution < -0.4 is 10.6 Å². The molecule has 0 bridgehead atoms. The molecule has 0 saturated carbocycles. The Morgan fingerprint density at radius 2 is 2.35 bits per heavy atom. The van der Waals surface area contributed by atoms with E-state index >= 15 is 0 Å². The van der Waals surface area contributed by atoms with Gasteiger partial charge in [-0.15, -0.1) is 0 Å². The highest BCUT2D eigenvalue weighted by molar-refractivity contribution is 6.32. The molecule has 5 nitrogen and oxygen atoms in total. The van der Waals surface area contributed by atoms with Gasteiger partial charge in [0.15, 0.2) is 0 Å². The number of nitrogens with two attached hydrogens (primary N) is 1. The molecule has 0 spiro atoms. The summed E-state index contributed by atoms with van der Waals surface area (Å²) in [5.74, 6) is 0.914. The van der Waals surface area contributed by atoms with E-state index in [0.29, 0.717) is 18.0 Å². The monoisotopic (exact) mass is 256 g/mol. The second-order valence-electron chi connectivity index (χ2n) is 3.94. The molecule has 1 rings (SSSR count). The largest absolute Gasteiger partial charge is 0.409 e. The van der Waals surface area contributed by atoms with E-state index in [1.165, 1.54) is 0 Å². The lowest BCUT2D eigenvalue weighted by Gasteiger charge is -2.28. The molecule has 0 radical (unpaired) electrons. The molecule has 0 aliphatic heterocycles. The number of oxime groups is 1. The van der Waals surface area contributed by atoms with Crippen LogP contribution in [0, 0.1) is 0 Å². The summed E-state index contributed by atoms with van der Waals surface area (Å²) in [7, 11) is 0. The van der Waals surface area contributed by atoms with Crippen LogP contribution in [-0.2, 0) is 0 Å². The second-order valence-corrected chi connectivity index (χ2v) is 4.34. The minimum absolute atomic E-state index is 0.197. The topological polar surface area (TPSA) is 74.7 Å². The van der Waals surface area contributed by atoms with Crippen molar-refractivity contribution in [1.29, 1.82) is 0 Å². The zero-order valence-electron chi connectivity index (χ0n) is 9.97. The third kappa shape index (κ3) is 3.78. The third-order valence-electron chi connectivity index (χ3n) is 2.37. The van der Waals surface area contributed by atoms with Crippen LogP contribution in [-0.4, -0.2) is 28.6 Å². The van der Waals surface area contributed by atoms with E-state index in [9.17, 15) is 0 Å². The Bertz CT molecular complexity index is 395. The van der Waals surface area contributed by atoms with Crippen molar-refractivity contribution >= 4 is 23.3 Å². The molecule has 17 heavy (non-hydrogen) atoms. The fourth-order valence-electron chi connectivity index (χ4n) is 1.48. The predicted octanol–water partition coefficient (Wildman–Crippen LogP) is 2.09. The smallest absolute Gasteiger partial charge is 0.147 e. The van der Waals surface area contributed by atoms with Crippen LogP contribution in [0.15, 0.2) is 23.5 Å². The van der Waals surface area contributed by atoms with Crippen molar-refractivity contribution in [2.75, 3.05) is 11.4 Å². The molecule has 6 heteroatoms. The highest BCUT2D eigenvalue weighted by atomic mass is 35.5. The Hall–Kier alpha value is -1.49. The number of halogens is 1. The van der Waals surface area contributed by atoms with Gasteiger partial charge in [-0.25, -0.2) is 4.98 Å². The van der Waals surface area contributed by atoms with Gasteiger partial charge in [0.2, 0.25) is 0 Å². The molecule has 0 saturated heterocycles. The van der Waals surface area contributed by atoms with Crippen LogP contribution in [0.5, 0.6) is 0 Å². The molecule has 0 amide bonds. The van der Waals surface area contributed by atoms with E-state index in [1.54, 1.807) is 18.3 Å². The average molecular weight is 257 g/mol. The van der Waals surface area contributed by atoms with Crippen molar-refractivity contribution in [3.8, 4) is 0 Å². The standard InChI is InChI=1S/C11H17ClN4O/c1-8(2)16(7-5-10(13)15-17)11-9(12)4-3-6-14-11/h3-4,6,8,17H,5,7H2,1-2H3,(H2,13,15). The maximum atomic E-state index is 8.51. The zero-order valence-corrected chi connectivity index (χ0v) is 10.7. The summed E-state index contributed by atoms with van der Waals surface area (Å²) >= 11 is 6.10. The zero-order chi connectivity index (χ0) is 12.8. The fraction of sp³-hybridized carbons (Fsp3) is 0.455. The van der Waals surface area contributed by atoms with Crippen LogP contribution in [0.2, 0.25) is 5.02 Å². The minimum atomic E-state index is 0.197. The number of aromatic nitrogens is 1. The van der Waals surface area contributed by atoms with Gasteiger partial charge in [-0.3, -0.25) is 0 Å². The van der Waals surface area contributed by atoms with Gasteiger partial charge in [0.25, 0.3) is 0 Å². The number of pyridine rings is 1. The first-order valence-corrected chi connectivity index (χ1v) is 5.77. The van der Waals surface area contributed by atoms with Crippen LogP contribution in [0.3, 0.4) is 0 Å². The van der Waals surface area contributed by atoms with Gasteiger partial charge >= 0.3 is 0 Å². The van der Waals surface area contributed by atoms with Gasteiger partial charge in [0.1, 0.15) is 11.7 Å². The minimum Gasteiger partial charge on any atom is -0.409 e. The molecule has 0 unspecified atom stereocenters. The molecule has 0 aromatic carbocycles. The van der Waals surface area contributed by atoms with Gasteiger partial charge in [0, 0.05) is 25.2 Å². The van der Waals surface area contributed by atoms with Crippen molar-refractivity contribution in [1.82, 2.24) is 4.98 Å². The highest BCUT2D eigenvalue weighted by Gasteiger charge is 2.15. The summed E-state index contributed by atoms with van der Waals surface area (Å²) in [5.41, 5.74) is 5.46. The van der Waals surface area contributed by atoms with Crippen LogP contribution >= 0.6 is 11.6 Å². The number of nitrogens with zero attached hydrogens (tertiary/aromatic N) is 3. The second kappa shape index (κ2) is 6.30. The Balaban J connectivity index is 2.83. The molecular formula is C11H17ClN4O. The average Bonchev–Trinajstić information content (AvgIpc) is 2.30. The van der Waals surface area contributed by atoms with Gasteiger partial charge in [-0.05, 0) is 26.0 Å². The molecule has 0 aliphatic rings. The molecule has 0 aliphatic carbocycles. The van der Waals surface area contributed by atoms with Crippen LogP contribution in [0.4, 0.5) is 5.82 Å². The van der Waals surface area contributed by atoms with E-state index in [1.807, 2.05) is 18.7 Å². The molecule has 1 aromatic rings. The van der Waals surface area contributed by atoms with E-state index < -0.39 is 0 Å². The van der Waals surface area contributed by atoms with Crippen LogP contribution in [0.1, 0.15) is 20.3 Å².